The zero-order valence-corrected chi connectivity index (χ0v) is 21.9. The molecule has 1 N–H and O–H groups in total. The molecule has 0 saturated heterocycles. The summed E-state index contributed by atoms with van der Waals surface area (Å²) in [5.74, 6) is -0.413. The van der Waals surface area contributed by atoms with Crippen molar-refractivity contribution >= 4 is 44.6 Å². The van der Waals surface area contributed by atoms with Gasteiger partial charge in [0.2, 0.25) is 5.91 Å². The van der Waals surface area contributed by atoms with Crippen molar-refractivity contribution in [1.29, 1.82) is 0 Å². The Kier molecular flexibility index (Phi) is 7.55. The number of carbonyl (C=O) groups excluding carboxylic acids is 3. The van der Waals surface area contributed by atoms with Gasteiger partial charge in [-0.05, 0) is 35.7 Å². The fourth-order valence-corrected chi connectivity index (χ4v) is 4.92. The maximum absolute atomic E-state index is 13.4. The molecule has 1 aromatic heterocycles. The number of methoxy groups -OCH3 is 2. The van der Waals surface area contributed by atoms with Gasteiger partial charge < -0.3 is 9.47 Å². The number of benzene rings is 3. The number of nitrogens with one attached hydrogen (secondary N) is 1. The number of ketones is 1. The first kappa shape index (κ1) is 25.9. The minimum atomic E-state index is -0.513. The van der Waals surface area contributed by atoms with Gasteiger partial charge in [-0.1, -0.05) is 50.8 Å². The lowest BCUT2D eigenvalue weighted by Gasteiger charge is -2.15. The van der Waals surface area contributed by atoms with Crippen molar-refractivity contribution in [2.75, 3.05) is 14.2 Å². The molecule has 0 saturated carbocycles. The lowest BCUT2D eigenvalue weighted by Crippen LogP contribution is -2.33. The third kappa shape index (κ3) is 5.32. The van der Waals surface area contributed by atoms with Crippen molar-refractivity contribution in [2.24, 2.45) is 5.92 Å². The largest absolute Gasteiger partial charge is 0.496 e. The third-order valence-electron chi connectivity index (χ3n) is 5.98. The van der Waals surface area contributed by atoms with Crippen LogP contribution in [0.4, 0.5) is 0 Å². The normalized spacial score (nSPS) is 10.8. The molecule has 0 fully saturated rings. The number of rotatable bonds is 8. The number of carbonyl (C=O) groups is 3. The molecule has 188 valence electrons. The molecule has 0 bridgehead atoms. The molecule has 37 heavy (non-hydrogen) atoms. The summed E-state index contributed by atoms with van der Waals surface area (Å²) in [5.41, 5.74) is 2.26. The first-order valence-corrected chi connectivity index (χ1v) is 12.5. The second-order valence-electron chi connectivity index (χ2n) is 8.76. The molecule has 6 nitrogen and oxygen atoms in total. The quantitative estimate of drug-likeness (QED) is 0.218. The Hall–Kier alpha value is -4.23. The summed E-state index contributed by atoms with van der Waals surface area (Å²) in [6.45, 7) is 7.48. The van der Waals surface area contributed by atoms with Gasteiger partial charge in [-0.3, -0.25) is 19.7 Å². The number of ether oxygens (including phenoxy) is 2. The molecule has 4 rings (SSSR count). The standard InChI is InChI=1S/C30H27NO5S/c1-17(2)29(33)31-30(34)20-12-10-19(11-13-20)28(32)18(3)22-15-23(25(36-5)16-24(22)35-4)27-14-21-8-6-7-9-26(21)37-27/h6-17H,3H2,1-2,4-5H3,(H,31,33,34). The van der Waals surface area contributed by atoms with Crippen LogP contribution in [0.1, 0.15) is 40.1 Å². The van der Waals surface area contributed by atoms with Crippen LogP contribution in [0.5, 0.6) is 11.5 Å². The summed E-state index contributed by atoms with van der Waals surface area (Å²) in [7, 11) is 3.12. The topological polar surface area (TPSA) is 81.7 Å². The predicted octanol–water partition coefficient (Wildman–Crippen LogP) is 6.39. The monoisotopic (exact) mass is 513 g/mol. The van der Waals surface area contributed by atoms with E-state index in [1.54, 1.807) is 50.5 Å². The average molecular weight is 514 g/mol. The van der Waals surface area contributed by atoms with Crippen LogP contribution in [0.15, 0.2) is 73.3 Å². The molecular weight excluding hydrogens is 486 g/mol. The first-order valence-electron chi connectivity index (χ1n) is 11.7. The Morgan fingerprint density at radius 1 is 0.865 bits per heavy atom. The number of hydrogen-bond acceptors (Lipinski definition) is 6. The van der Waals surface area contributed by atoms with E-state index in [1.165, 1.54) is 19.2 Å². The summed E-state index contributed by atoms with van der Waals surface area (Å²) >= 11 is 1.63. The second-order valence-corrected chi connectivity index (χ2v) is 9.84. The minimum Gasteiger partial charge on any atom is -0.496 e. The number of imide groups is 1. The van der Waals surface area contributed by atoms with Crippen molar-refractivity contribution < 1.29 is 23.9 Å². The molecule has 0 atom stereocenters. The molecule has 0 aliphatic heterocycles. The molecule has 0 unspecified atom stereocenters. The minimum absolute atomic E-state index is 0.244. The van der Waals surface area contributed by atoms with E-state index in [-0.39, 0.29) is 28.7 Å². The Balaban J connectivity index is 1.66. The predicted molar refractivity (Wildman–Crippen MR) is 147 cm³/mol. The highest BCUT2D eigenvalue weighted by Crippen LogP contribution is 2.43. The molecule has 7 heteroatoms. The summed E-state index contributed by atoms with van der Waals surface area (Å²) in [6.07, 6.45) is 0. The van der Waals surface area contributed by atoms with Crippen molar-refractivity contribution in [2.45, 2.75) is 13.8 Å². The molecule has 0 aliphatic rings. The molecule has 2 amide bonds. The fraction of sp³-hybridized carbons (Fsp3) is 0.167. The Morgan fingerprint density at radius 2 is 1.51 bits per heavy atom. The molecular formula is C30H27NO5S. The van der Waals surface area contributed by atoms with Crippen LogP contribution in [0.3, 0.4) is 0 Å². The maximum Gasteiger partial charge on any atom is 0.257 e. The van der Waals surface area contributed by atoms with Gasteiger partial charge in [0.05, 0.1) is 14.2 Å². The van der Waals surface area contributed by atoms with Crippen LogP contribution in [-0.4, -0.2) is 31.8 Å². The third-order valence-corrected chi connectivity index (χ3v) is 7.13. The highest BCUT2D eigenvalue weighted by Gasteiger charge is 2.21. The van der Waals surface area contributed by atoms with Crippen molar-refractivity contribution in [3.8, 4) is 21.9 Å². The van der Waals surface area contributed by atoms with Gasteiger partial charge in [-0.2, -0.15) is 0 Å². The van der Waals surface area contributed by atoms with Gasteiger partial charge in [-0.15, -0.1) is 11.3 Å². The number of fused-ring (bicyclic) bond motifs is 1. The number of hydrogen-bond donors (Lipinski definition) is 1. The van der Waals surface area contributed by atoms with E-state index in [4.69, 9.17) is 9.47 Å². The number of Topliss-reactive ketones (excluding diaryl/α,β-unsaturated/α-hetero) is 1. The van der Waals surface area contributed by atoms with Crippen molar-refractivity contribution in [1.82, 2.24) is 5.32 Å². The molecule has 4 aromatic rings. The van der Waals surface area contributed by atoms with E-state index in [2.05, 4.69) is 30.1 Å². The number of amides is 2. The van der Waals surface area contributed by atoms with Gasteiger partial charge in [-0.25, -0.2) is 0 Å². The maximum atomic E-state index is 13.4. The SMILES string of the molecule is C=C(C(=O)c1ccc(C(=O)NC(=O)C(C)C)cc1)c1cc(-c2cc3ccccc3s2)c(OC)cc1OC. The number of allylic oxidation sites excluding steroid dienone is 1. The van der Waals surface area contributed by atoms with Gasteiger partial charge in [0, 0.05) is 49.4 Å². The van der Waals surface area contributed by atoms with Gasteiger partial charge in [0.15, 0.2) is 5.78 Å². The van der Waals surface area contributed by atoms with E-state index < -0.39 is 5.91 Å². The Labute approximate surface area is 219 Å². The van der Waals surface area contributed by atoms with Crippen LogP contribution in [-0.2, 0) is 4.79 Å². The molecule has 1 heterocycles. The Bertz CT molecular complexity index is 1480. The van der Waals surface area contributed by atoms with Crippen LogP contribution in [0, 0.1) is 5.92 Å². The molecule has 0 radical (unpaired) electrons. The fourth-order valence-electron chi connectivity index (χ4n) is 3.84. The lowest BCUT2D eigenvalue weighted by molar-refractivity contribution is -0.122. The van der Waals surface area contributed by atoms with E-state index in [0.29, 0.717) is 22.6 Å². The average Bonchev–Trinajstić information content (AvgIpc) is 3.35. The van der Waals surface area contributed by atoms with E-state index in [1.807, 2.05) is 18.2 Å². The second kappa shape index (κ2) is 10.8. The van der Waals surface area contributed by atoms with Gasteiger partial charge in [0.1, 0.15) is 11.5 Å². The summed E-state index contributed by atoms with van der Waals surface area (Å²) < 4.78 is 12.4. The van der Waals surface area contributed by atoms with E-state index in [9.17, 15) is 14.4 Å². The summed E-state index contributed by atoms with van der Waals surface area (Å²) in [5, 5.41) is 3.46. The van der Waals surface area contributed by atoms with E-state index >= 15 is 0 Å². The zero-order chi connectivity index (χ0) is 26.7. The van der Waals surface area contributed by atoms with Gasteiger partial charge in [0.25, 0.3) is 5.91 Å². The van der Waals surface area contributed by atoms with Crippen molar-refractivity contribution in [3.05, 3.63) is 90.0 Å². The summed E-state index contributed by atoms with van der Waals surface area (Å²) in [6, 6.07) is 19.9. The smallest absolute Gasteiger partial charge is 0.257 e. The van der Waals surface area contributed by atoms with Crippen LogP contribution in [0.25, 0.3) is 26.1 Å². The van der Waals surface area contributed by atoms with Crippen molar-refractivity contribution in [3.63, 3.8) is 0 Å². The van der Waals surface area contributed by atoms with Crippen LogP contribution in [0.2, 0.25) is 0 Å². The van der Waals surface area contributed by atoms with Gasteiger partial charge >= 0.3 is 0 Å². The zero-order valence-electron chi connectivity index (χ0n) is 21.1. The highest BCUT2D eigenvalue weighted by atomic mass is 32.1. The number of thiophene rings is 1. The highest BCUT2D eigenvalue weighted by molar-refractivity contribution is 7.22. The summed E-state index contributed by atoms with van der Waals surface area (Å²) in [4.78, 5) is 38.5. The molecule has 0 spiro atoms. The lowest BCUT2D eigenvalue weighted by atomic mass is 9.94. The molecule has 3 aromatic carbocycles. The van der Waals surface area contributed by atoms with Crippen LogP contribution >= 0.6 is 11.3 Å². The van der Waals surface area contributed by atoms with E-state index in [0.717, 1.165) is 20.5 Å². The van der Waals surface area contributed by atoms with Crippen LogP contribution < -0.4 is 14.8 Å². The first-order chi connectivity index (χ1) is 17.7. The Morgan fingerprint density at radius 3 is 2.14 bits per heavy atom. The molecule has 0 aliphatic carbocycles.